The maximum Gasteiger partial charge on any atom is 0.0642 e. The predicted molar refractivity (Wildman–Crippen MR) is 50.6 cm³/mol. The Morgan fingerprint density at radius 2 is 2.27 bits per heavy atom. The van der Waals surface area contributed by atoms with Crippen molar-refractivity contribution < 1.29 is 6.16 Å². The van der Waals surface area contributed by atoms with E-state index >= 15 is 0 Å². The molecule has 0 radical (unpaired) electrons. The zero-order chi connectivity index (χ0) is 8.69. The Balaban J connectivity index is 0. The molecule has 11 heavy (non-hydrogen) atoms. The SMILES string of the molecule is C=C(CC)NCCOC(C)C.[HH]. The number of allylic oxidation sites excluding steroid dienone is 1. The Labute approximate surface area is 71.1 Å². The largest absolute Gasteiger partial charge is 0.387 e. The highest BCUT2D eigenvalue weighted by atomic mass is 16.5. The van der Waals surface area contributed by atoms with E-state index in [1.807, 2.05) is 13.8 Å². The van der Waals surface area contributed by atoms with Gasteiger partial charge in [0.05, 0.1) is 12.7 Å². The van der Waals surface area contributed by atoms with Crippen molar-refractivity contribution in [1.29, 1.82) is 0 Å². The molecule has 0 saturated heterocycles. The second-order valence-corrected chi connectivity index (χ2v) is 2.80. The van der Waals surface area contributed by atoms with Crippen LogP contribution in [0.1, 0.15) is 28.6 Å². The van der Waals surface area contributed by atoms with E-state index in [1.165, 1.54) is 0 Å². The quantitative estimate of drug-likeness (QED) is 0.600. The Bertz CT molecular complexity index is 115. The van der Waals surface area contributed by atoms with Crippen molar-refractivity contribution in [3.8, 4) is 0 Å². The molecule has 0 aromatic heterocycles. The fraction of sp³-hybridized carbons (Fsp3) is 0.778. The first-order valence-electron chi connectivity index (χ1n) is 4.20. The van der Waals surface area contributed by atoms with Gasteiger partial charge in [-0.05, 0) is 20.3 Å². The van der Waals surface area contributed by atoms with Crippen molar-refractivity contribution in [1.82, 2.24) is 5.32 Å². The summed E-state index contributed by atoms with van der Waals surface area (Å²) in [6.45, 7) is 11.6. The standard InChI is InChI=1S/C9H19NO.H2/c1-5-9(4)10-6-7-11-8(2)3;/h8,10H,4-7H2,1-3H3;1H. The molecule has 68 valence electrons. The smallest absolute Gasteiger partial charge is 0.0642 e. The first-order valence-corrected chi connectivity index (χ1v) is 4.20. The van der Waals surface area contributed by atoms with Crippen molar-refractivity contribution in [2.75, 3.05) is 13.2 Å². The van der Waals surface area contributed by atoms with Crippen LogP contribution in [-0.2, 0) is 4.74 Å². The van der Waals surface area contributed by atoms with Gasteiger partial charge < -0.3 is 10.1 Å². The van der Waals surface area contributed by atoms with Crippen LogP contribution in [0.25, 0.3) is 0 Å². The van der Waals surface area contributed by atoms with E-state index in [-0.39, 0.29) is 1.43 Å². The maximum atomic E-state index is 5.33. The number of nitrogens with one attached hydrogen (secondary N) is 1. The summed E-state index contributed by atoms with van der Waals surface area (Å²) in [6, 6.07) is 0. The Morgan fingerprint density at radius 1 is 1.64 bits per heavy atom. The van der Waals surface area contributed by atoms with Gasteiger partial charge in [-0.3, -0.25) is 0 Å². The van der Waals surface area contributed by atoms with Crippen LogP contribution in [0.15, 0.2) is 12.3 Å². The van der Waals surface area contributed by atoms with Crippen LogP contribution in [0.5, 0.6) is 0 Å². The highest BCUT2D eigenvalue weighted by Gasteiger charge is 1.92. The molecular formula is C9H21NO. The van der Waals surface area contributed by atoms with E-state index in [0.717, 1.165) is 25.3 Å². The lowest BCUT2D eigenvalue weighted by Gasteiger charge is -2.09. The third kappa shape index (κ3) is 7.40. The molecule has 0 aliphatic heterocycles. The van der Waals surface area contributed by atoms with Gasteiger partial charge in [-0.2, -0.15) is 0 Å². The molecule has 0 rings (SSSR count). The fourth-order valence-electron chi connectivity index (χ4n) is 0.647. The molecule has 0 atom stereocenters. The summed E-state index contributed by atoms with van der Waals surface area (Å²) in [4.78, 5) is 0. The van der Waals surface area contributed by atoms with Crippen LogP contribution >= 0.6 is 0 Å². The van der Waals surface area contributed by atoms with Gasteiger partial charge in [-0.1, -0.05) is 13.5 Å². The van der Waals surface area contributed by atoms with Gasteiger partial charge in [0.2, 0.25) is 0 Å². The molecule has 0 unspecified atom stereocenters. The molecule has 0 spiro atoms. The van der Waals surface area contributed by atoms with Gasteiger partial charge in [-0.15, -0.1) is 0 Å². The van der Waals surface area contributed by atoms with Crippen LogP contribution in [0, 0.1) is 0 Å². The third-order valence-electron chi connectivity index (χ3n) is 1.36. The first-order chi connectivity index (χ1) is 5.16. The van der Waals surface area contributed by atoms with Crippen LogP contribution in [0.3, 0.4) is 0 Å². The van der Waals surface area contributed by atoms with Gasteiger partial charge in [-0.25, -0.2) is 0 Å². The summed E-state index contributed by atoms with van der Waals surface area (Å²) >= 11 is 0. The minimum atomic E-state index is 0. The van der Waals surface area contributed by atoms with Crippen molar-refractivity contribution in [2.45, 2.75) is 33.3 Å². The molecule has 0 bridgehead atoms. The minimum absolute atomic E-state index is 0. The summed E-state index contributed by atoms with van der Waals surface area (Å²) in [5.74, 6) is 0. The predicted octanol–water partition coefficient (Wildman–Crippen LogP) is 2.17. The van der Waals surface area contributed by atoms with E-state index in [0.29, 0.717) is 6.10 Å². The fourth-order valence-corrected chi connectivity index (χ4v) is 0.647. The number of hydrogen-bond acceptors (Lipinski definition) is 2. The highest BCUT2D eigenvalue weighted by molar-refractivity contribution is 4.88. The average molecular weight is 159 g/mol. The molecular weight excluding hydrogens is 138 g/mol. The van der Waals surface area contributed by atoms with E-state index in [9.17, 15) is 0 Å². The summed E-state index contributed by atoms with van der Waals surface area (Å²) in [6.07, 6.45) is 1.31. The molecule has 0 saturated carbocycles. The van der Waals surface area contributed by atoms with Crippen molar-refractivity contribution >= 4 is 0 Å². The Morgan fingerprint density at radius 3 is 2.73 bits per heavy atom. The zero-order valence-corrected chi connectivity index (χ0v) is 7.81. The average Bonchev–Trinajstić information content (AvgIpc) is 1.97. The van der Waals surface area contributed by atoms with E-state index in [2.05, 4.69) is 18.8 Å². The maximum absolute atomic E-state index is 5.33. The zero-order valence-electron chi connectivity index (χ0n) is 7.81. The molecule has 0 heterocycles. The second kappa shape index (κ2) is 6.23. The van der Waals surface area contributed by atoms with Crippen molar-refractivity contribution in [2.24, 2.45) is 0 Å². The summed E-state index contributed by atoms with van der Waals surface area (Å²) < 4.78 is 5.33. The Kier molecular flexibility index (Phi) is 5.94. The molecule has 0 amide bonds. The summed E-state index contributed by atoms with van der Waals surface area (Å²) in [5, 5.41) is 3.17. The molecule has 2 nitrogen and oxygen atoms in total. The molecule has 0 aromatic rings. The molecule has 2 heteroatoms. The molecule has 1 N–H and O–H groups in total. The van der Waals surface area contributed by atoms with E-state index in [4.69, 9.17) is 4.74 Å². The van der Waals surface area contributed by atoms with Crippen LogP contribution < -0.4 is 5.32 Å². The third-order valence-corrected chi connectivity index (χ3v) is 1.36. The number of hydrogen-bond donors (Lipinski definition) is 1. The second-order valence-electron chi connectivity index (χ2n) is 2.80. The van der Waals surface area contributed by atoms with Gasteiger partial charge in [0.25, 0.3) is 0 Å². The van der Waals surface area contributed by atoms with Crippen LogP contribution in [-0.4, -0.2) is 19.3 Å². The first kappa shape index (κ1) is 10.5. The topological polar surface area (TPSA) is 21.3 Å². The Hall–Kier alpha value is -0.500. The van der Waals surface area contributed by atoms with Crippen LogP contribution in [0.4, 0.5) is 0 Å². The van der Waals surface area contributed by atoms with E-state index < -0.39 is 0 Å². The summed E-state index contributed by atoms with van der Waals surface area (Å²) in [7, 11) is 0. The van der Waals surface area contributed by atoms with Gasteiger partial charge in [0, 0.05) is 13.7 Å². The molecule has 0 fully saturated rings. The lowest BCUT2D eigenvalue weighted by molar-refractivity contribution is 0.0820. The molecule has 0 aliphatic carbocycles. The van der Waals surface area contributed by atoms with Crippen molar-refractivity contribution in [3.63, 3.8) is 0 Å². The number of ether oxygens (including phenoxy) is 1. The highest BCUT2D eigenvalue weighted by Crippen LogP contribution is 1.90. The summed E-state index contributed by atoms with van der Waals surface area (Å²) in [5.41, 5.74) is 1.08. The molecule has 0 aliphatic rings. The lowest BCUT2D eigenvalue weighted by atomic mass is 10.4. The minimum Gasteiger partial charge on any atom is -0.387 e. The van der Waals surface area contributed by atoms with Gasteiger partial charge >= 0.3 is 0 Å². The van der Waals surface area contributed by atoms with Crippen LogP contribution in [0.2, 0.25) is 0 Å². The molecule has 0 aromatic carbocycles. The number of rotatable bonds is 6. The van der Waals surface area contributed by atoms with Gasteiger partial charge in [0.1, 0.15) is 0 Å². The van der Waals surface area contributed by atoms with E-state index in [1.54, 1.807) is 0 Å². The van der Waals surface area contributed by atoms with Crippen molar-refractivity contribution in [3.05, 3.63) is 12.3 Å². The monoisotopic (exact) mass is 159 g/mol. The normalized spacial score (nSPS) is 10.2. The lowest BCUT2D eigenvalue weighted by Crippen LogP contribution is -2.20. The van der Waals surface area contributed by atoms with Gasteiger partial charge in [0.15, 0.2) is 0 Å².